The Bertz CT molecular complexity index is 546. The largest absolute Gasteiger partial charge is 0.480 e. The van der Waals surface area contributed by atoms with Gasteiger partial charge in [-0.1, -0.05) is 0 Å². The van der Waals surface area contributed by atoms with E-state index in [1.54, 1.807) is 0 Å². The molecule has 0 saturated heterocycles. The van der Waals surface area contributed by atoms with E-state index in [2.05, 4.69) is 11.2 Å². The maximum absolute atomic E-state index is 13.0. The number of amides is 1. The zero-order valence-corrected chi connectivity index (χ0v) is 11.2. The summed E-state index contributed by atoms with van der Waals surface area (Å²) in [5.41, 5.74) is 0.137. The van der Waals surface area contributed by atoms with E-state index in [4.69, 9.17) is 11.5 Å². The number of carboxylic acids is 1. The highest BCUT2D eigenvalue weighted by Crippen LogP contribution is 2.09. The fourth-order valence-electron chi connectivity index (χ4n) is 1.81. The fraction of sp³-hybridized carbons (Fsp3) is 0.333. The lowest BCUT2D eigenvalue weighted by atomic mass is 10.1. The summed E-state index contributed by atoms with van der Waals surface area (Å²) in [7, 11) is 0. The van der Waals surface area contributed by atoms with Crippen LogP contribution in [0.3, 0.4) is 0 Å². The van der Waals surface area contributed by atoms with Gasteiger partial charge in [0, 0.05) is 12.5 Å². The number of halogens is 2. The first kappa shape index (κ1) is 16.6. The van der Waals surface area contributed by atoms with Crippen LogP contribution in [-0.4, -0.2) is 23.0 Å². The van der Waals surface area contributed by atoms with Gasteiger partial charge in [0.15, 0.2) is 0 Å². The van der Waals surface area contributed by atoms with Crippen LogP contribution in [0.4, 0.5) is 8.78 Å². The molecule has 1 atom stereocenters. The van der Waals surface area contributed by atoms with Gasteiger partial charge in [-0.15, -0.1) is 12.3 Å². The average molecular weight is 295 g/mol. The highest BCUT2D eigenvalue weighted by Gasteiger charge is 2.19. The zero-order valence-electron chi connectivity index (χ0n) is 11.2. The highest BCUT2D eigenvalue weighted by molar-refractivity contribution is 5.84. The molecule has 0 saturated carbocycles. The van der Waals surface area contributed by atoms with E-state index in [0.29, 0.717) is 18.9 Å². The minimum atomic E-state index is -1.18. The Morgan fingerprint density at radius 3 is 2.43 bits per heavy atom. The number of hydrogen-bond acceptors (Lipinski definition) is 2. The van der Waals surface area contributed by atoms with E-state index in [-0.39, 0.29) is 18.4 Å². The first-order valence-corrected chi connectivity index (χ1v) is 6.33. The molecule has 1 aromatic rings. The Hall–Kier alpha value is -2.42. The molecule has 0 bridgehead atoms. The second-order valence-corrected chi connectivity index (χ2v) is 4.51. The molecule has 6 heteroatoms. The van der Waals surface area contributed by atoms with Gasteiger partial charge >= 0.3 is 5.97 Å². The topological polar surface area (TPSA) is 66.4 Å². The monoisotopic (exact) mass is 295 g/mol. The molecular weight excluding hydrogens is 280 g/mol. The molecule has 0 fully saturated rings. The van der Waals surface area contributed by atoms with Crippen LogP contribution in [0.5, 0.6) is 0 Å². The van der Waals surface area contributed by atoms with Gasteiger partial charge in [0.05, 0.1) is 6.42 Å². The van der Waals surface area contributed by atoms with E-state index < -0.39 is 29.6 Å². The third-order valence-electron chi connectivity index (χ3n) is 2.73. The number of unbranched alkanes of at least 4 members (excludes halogenated alkanes) is 1. The third kappa shape index (κ3) is 6.04. The lowest BCUT2D eigenvalue weighted by Crippen LogP contribution is -2.41. The summed E-state index contributed by atoms with van der Waals surface area (Å²) < 4.78 is 26.0. The van der Waals surface area contributed by atoms with Crippen molar-refractivity contribution in [2.75, 3.05) is 0 Å². The number of carbonyl (C=O) groups excluding carboxylic acids is 1. The van der Waals surface area contributed by atoms with Crippen LogP contribution < -0.4 is 5.32 Å². The van der Waals surface area contributed by atoms with Gasteiger partial charge in [0.2, 0.25) is 5.91 Å². The summed E-state index contributed by atoms with van der Waals surface area (Å²) in [6.45, 7) is 0. The minimum Gasteiger partial charge on any atom is -0.480 e. The van der Waals surface area contributed by atoms with Crippen molar-refractivity contribution in [3.8, 4) is 12.3 Å². The van der Waals surface area contributed by atoms with Crippen LogP contribution in [-0.2, 0) is 16.0 Å². The standard InChI is InChI=1S/C15H15F2NO3/c1-2-3-4-5-13(15(20)21)18-14(19)8-10-6-11(16)9-12(17)7-10/h1,6-7,9,13H,3-5,8H2,(H,18,19)(H,20,21)/t13-/m0/s1. The highest BCUT2D eigenvalue weighted by atomic mass is 19.1. The second-order valence-electron chi connectivity index (χ2n) is 4.51. The Labute approximate surface area is 121 Å². The molecule has 1 amide bonds. The predicted molar refractivity (Wildman–Crippen MR) is 72.3 cm³/mol. The molecule has 0 unspecified atom stereocenters. The molecule has 4 nitrogen and oxygen atoms in total. The number of terminal acetylenes is 1. The molecule has 0 spiro atoms. The summed E-state index contributed by atoms with van der Waals surface area (Å²) in [4.78, 5) is 22.7. The van der Waals surface area contributed by atoms with Crippen molar-refractivity contribution in [3.05, 3.63) is 35.4 Å². The Morgan fingerprint density at radius 1 is 1.29 bits per heavy atom. The molecule has 1 aromatic carbocycles. The summed E-state index contributed by atoms with van der Waals surface area (Å²) in [5, 5.41) is 11.3. The maximum atomic E-state index is 13.0. The van der Waals surface area contributed by atoms with E-state index >= 15 is 0 Å². The van der Waals surface area contributed by atoms with Crippen molar-refractivity contribution < 1.29 is 23.5 Å². The van der Waals surface area contributed by atoms with E-state index in [0.717, 1.165) is 12.1 Å². The van der Waals surface area contributed by atoms with Gasteiger partial charge < -0.3 is 10.4 Å². The van der Waals surface area contributed by atoms with Crippen molar-refractivity contribution in [1.29, 1.82) is 0 Å². The smallest absolute Gasteiger partial charge is 0.326 e. The molecule has 0 radical (unpaired) electrons. The molecule has 0 aromatic heterocycles. The normalized spacial score (nSPS) is 11.5. The van der Waals surface area contributed by atoms with Gasteiger partial charge in [-0.2, -0.15) is 0 Å². The van der Waals surface area contributed by atoms with Gasteiger partial charge in [0.25, 0.3) is 0 Å². The van der Waals surface area contributed by atoms with Crippen LogP contribution in [0.15, 0.2) is 18.2 Å². The van der Waals surface area contributed by atoms with Crippen molar-refractivity contribution in [1.82, 2.24) is 5.32 Å². The van der Waals surface area contributed by atoms with Gasteiger partial charge in [0.1, 0.15) is 17.7 Å². The van der Waals surface area contributed by atoms with Crippen molar-refractivity contribution in [2.45, 2.75) is 31.7 Å². The predicted octanol–water partition coefficient (Wildman–Crippen LogP) is 1.88. The van der Waals surface area contributed by atoms with E-state index in [1.165, 1.54) is 0 Å². The Balaban J connectivity index is 2.61. The van der Waals surface area contributed by atoms with E-state index in [1.807, 2.05) is 0 Å². The summed E-state index contributed by atoms with van der Waals surface area (Å²) in [6, 6.07) is 1.68. The van der Waals surface area contributed by atoms with Crippen molar-refractivity contribution in [2.24, 2.45) is 0 Å². The van der Waals surface area contributed by atoms with Crippen molar-refractivity contribution >= 4 is 11.9 Å². The van der Waals surface area contributed by atoms with Crippen LogP contribution >= 0.6 is 0 Å². The molecule has 2 N–H and O–H groups in total. The van der Waals surface area contributed by atoms with E-state index in [9.17, 15) is 18.4 Å². The summed E-state index contributed by atoms with van der Waals surface area (Å²) in [6.07, 6.45) is 5.84. The van der Waals surface area contributed by atoms with Crippen LogP contribution in [0.25, 0.3) is 0 Å². The quantitative estimate of drug-likeness (QED) is 0.596. The molecule has 1 rings (SSSR count). The SMILES string of the molecule is C#CCCC[C@H](NC(=O)Cc1cc(F)cc(F)c1)C(=O)O. The van der Waals surface area contributed by atoms with Crippen LogP contribution in [0, 0.1) is 24.0 Å². The lowest BCUT2D eigenvalue weighted by Gasteiger charge is -2.14. The van der Waals surface area contributed by atoms with Crippen molar-refractivity contribution in [3.63, 3.8) is 0 Å². The summed E-state index contributed by atoms with van der Waals surface area (Å²) in [5.74, 6) is -0.994. The van der Waals surface area contributed by atoms with Crippen LogP contribution in [0.1, 0.15) is 24.8 Å². The van der Waals surface area contributed by atoms with Gasteiger partial charge in [-0.05, 0) is 30.5 Å². The molecule has 0 aliphatic carbocycles. The maximum Gasteiger partial charge on any atom is 0.326 e. The molecule has 0 heterocycles. The number of rotatable bonds is 7. The molecular formula is C15H15F2NO3. The second kappa shape index (κ2) is 8.00. The number of carbonyl (C=O) groups is 2. The first-order chi connectivity index (χ1) is 9.92. The number of carboxylic acid groups (broad SMARTS) is 1. The number of benzene rings is 1. The van der Waals surface area contributed by atoms with Gasteiger partial charge in [-0.3, -0.25) is 4.79 Å². The fourth-order valence-corrected chi connectivity index (χ4v) is 1.81. The van der Waals surface area contributed by atoms with Crippen LogP contribution in [0.2, 0.25) is 0 Å². The molecule has 21 heavy (non-hydrogen) atoms. The lowest BCUT2D eigenvalue weighted by molar-refractivity contribution is -0.141. The minimum absolute atomic E-state index is 0.137. The number of nitrogens with one attached hydrogen (secondary N) is 1. The Kier molecular flexibility index (Phi) is 6.34. The molecule has 112 valence electrons. The zero-order chi connectivity index (χ0) is 15.8. The average Bonchev–Trinajstić information content (AvgIpc) is 2.36. The Morgan fingerprint density at radius 2 is 1.90 bits per heavy atom. The van der Waals surface area contributed by atoms with Gasteiger partial charge in [-0.25, -0.2) is 13.6 Å². The number of hydrogen-bond donors (Lipinski definition) is 2. The number of aliphatic carboxylic acids is 1. The molecule has 0 aliphatic heterocycles. The summed E-state index contributed by atoms with van der Waals surface area (Å²) >= 11 is 0. The molecule has 0 aliphatic rings. The third-order valence-corrected chi connectivity index (χ3v) is 2.73. The first-order valence-electron chi connectivity index (χ1n) is 6.33.